The van der Waals surface area contributed by atoms with Gasteiger partial charge in [-0.25, -0.2) is 15.0 Å². The fourth-order valence-electron chi connectivity index (χ4n) is 2.40. The molecule has 0 bridgehead atoms. The van der Waals surface area contributed by atoms with Crippen LogP contribution in [-0.2, 0) is 12.4 Å². The van der Waals surface area contributed by atoms with Crippen molar-refractivity contribution in [2.24, 2.45) is 0 Å². The molecule has 0 aliphatic carbocycles. The van der Waals surface area contributed by atoms with E-state index in [1.165, 1.54) is 6.92 Å². The van der Waals surface area contributed by atoms with Crippen molar-refractivity contribution in [1.82, 2.24) is 19.9 Å². The van der Waals surface area contributed by atoms with Crippen molar-refractivity contribution in [3.63, 3.8) is 0 Å². The minimum atomic E-state index is -4.75. The molecule has 3 rings (SSSR count). The number of aryl methyl sites for hydroxylation is 1. The van der Waals surface area contributed by atoms with E-state index in [4.69, 9.17) is 4.74 Å². The highest BCUT2D eigenvalue weighted by molar-refractivity contribution is 5.80. The number of H-pyrrole nitrogens is 1. The summed E-state index contributed by atoms with van der Waals surface area (Å²) in [7, 11) is 1.15. The molecule has 0 atom stereocenters. The Balaban J connectivity index is 2.21. The van der Waals surface area contributed by atoms with Crippen LogP contribution in [0.2, 0.25) is 0 Å². The van der Waals surface area contributed by atoms with Crippen LogP contribution < -0.4 is 4.74 Å². The first kappa shape index (κ1) is 18.0. The molecule has 11 heteroatoms. The molecule has 1 N–H and O–H groups in total. The molecular formula is C15H10F6N4O. The van der Waals surface area contributed by atoms with E-state index in [-0.39, 0.29) is 28.6 Å². The highest BCUT2D eigenvalue weighted by Crippen LogP contribution is 2.38. The van der Waals surface area contributed by atoms with Crippen LogP contribution in [0.4, 0.5) is 26.3 Å². The molecule has 2 aromatic heterocycles. The van der Waals surface area contributed by atoms with Gasteiger partial charge in [-0.1, -0.05) is 0 Å². The van der Waals surface area contributed by atoms with Crippen LogP contribution in [0, 0.1) is 6.92 Å². The van der Waals surface area contributed by atoms with Crippen molar-refractivity contribution in [3.8, 4) is 17.1 Å². The summed E-state index contributed by atoms with van der Waals surface area (Å²) in [4.78, 5) is 13.6. The highest BCUT2D eigenvalue weighted by Gasteiger charge is 2.37. The second-order valence-electron chi connectivity index (χ2n) is 5.31. The van der Waals surface area contributed by atoms with Crippen molar-refractivity contribution in [2.45, 2.75) is 19.3 Å². The standard InChI is InChI=1S/C15H10F6N4O/c1-6-22-11(15(19,20)21)10-13(23-6)25-12(24-10)8-4-3-7(14(16,17)18)5-9(8)26-2/h3-5H,1-2H3,(H,22,23,24,25). The van der Waals surface area contributed by atoms with Gasteiger partial charge < -0.3 is 9.72 Å². The molecule has 3 aromatic rings. The van der Waals surface area contributed by atoms with Gasteiger partial charge in [-0.3, -0.25) is 0 Å². The predicted molar refractivity (Wildman–Crippen MR) is 78.4 cm³/mol. The van der Waals surface area contributed by atoms with Gasteiger partial charge in [0.05, 0.1) is 18.2 Å². The second-order valence-corrected chi connectivity index (χ2v) is 5.31. The van der Waals surface area contributed by atoms with E-state index in [9.17, 15) is 26.3 Å². The third kappa shape index (κ3) is 3.16. The van der Waals surface area contributed by atoms with Crippen molar-refractivity contribution in [2.75, 3.05) is 7.11 Å². The number of hydrogen-bond donors (Lipinski definition) is 1. The molecule has 5 nitrogen and oxygen atoms in total. The van der Waals surface area contributed by atoms with E-state index in [1.54, 1.807) is 0 Å². The molecule has 0 amide bonds. The lowest BCUT2D eigenvalue weighted by Crippen LogP contribution is -2.10. The normalized spacial score (nSPS) is 12.6. The van der Waals surface area contributed by atoms with Crippen LogP contribution in [-0.4, -0.2) is 27.0 Å². The molecular weight excluding hydrogens is 366 g/mol. The average molecular weight is 376 g/mol. The molecule has 1 aromatic carbocycles. The van der Waals surface area contributed by atoms with E-state index in [2.05, 4.69) is 19.9 Å². The Morgan fingerprint density at radius 2 is 1.65 bits per heavy atom. The Labute approximate surface area is 142 Å². The topological polar surface area (TPSA) is 63.7 Å². The van der Waals surface area contributed by atoms with Crippen LogP contribution in [0.25, 0.3) is 22.6 Å². The predicted octanol–water partition coefficient (Wildman–Crippen LogP) is 4.37. The summed E-state index contributed by atoms with van der Waals surface area (Å²) in [5.74, 6) is -0.449. The van der Waals surface area contributed by atoms with Crippen molar-refractivity contribution < 1.29 is 31.1 Å². The summed E-state index contributed by atoms with van der Waals surface area (Å²) in [6.07, 6.45) is -9.34. The number of ether oxygens (including phenoxy) is 1. The molecule has 0 aliphatic rings. The fraction of sp³-hybridized carbons (Fsp3) is 0.267. The Morgan fingerprint density at radius 1 is 0.962 bits per heavy atom. The Morgan fingerprint density at radius 3 is 2.23 bits per heavy atom. The van der Waals surface area contributed by atoms with Crippen molar-refractivity contribution >= 4 is 11.2 Å². The zero-order chi connectivity index (χ0) is 19.3. The van der Waals surface area contributed by atoms with E-state index >= 15 is 0 Å². The number of benzene rings is 1. The van der Waals surface area contributed by atoms with Gasteiger partial charge in [-0.15, -0.1) is 0 Å². The number of aromatic amines is 1. The first-order chi connectivity index (χ1) is 12.0. The Kier molecular flexibility index (Phi) is 4.04. The van der Waals surface area contributed by atoms with Gasteiger partial charge in [0.25, 0.3) is 0 Å². The van der Waals surface area contributed by atoms with Crippen molar-refractivity contribution in [3.05, 3.63) is 35.3 Å². The number of aromatic nitrogens is 4. The van der Waals surface area contributed by atoms with Crippen LogP contribution in [0.15, 0.2) is 18.2 Å². The third-order valence-corrected chi connectivity index (χ3v) is 3.52. The lowest BCUT2D eigenvalue weighted by molar-refractivity contribution is -0.140. The van der Waals surface area contributed by atoms with Gasteiger partial charge in [0.2, 0.25) is 0 Å². The van der Waals surface area contributed by atoms with Gasteiger partial charge >= 0.3 is 12.4 Å². The van der Waals surface area contributed by atoms with Crippen LogP contribution >= 0.6 is 0 Å². The van der Waals surface area contributed by atoms with E-state index in [0.29, 0.717) is 0 Å². The van der Waals surface area contributed by atoms with Gasteiger partial charge in [0.1, 0.15) is 22.9 Å². The number of hydrogen-bond acceptors (Lipinski definition) is 4. The SMILES string of the molecule is COc1cc(C(F)(F)F)ccc1-c1nc2nc(C)nc(C(F)(F)F)c2[nH]1. The molecule has 0 spiro atoms. The van der Waals surface area contributed by atoms with Gasteiger partial charge in [0, 0.05) is 0 Å². The van der Waals surface area contributed by atoms with Gasteiger partial charge in [-0.2, -0.15) is 26.3 Å². The number of methoxy groups -OCH3 is 1. The summed E-state index contributed by atoms with van der Waals surface area (Å²) in [6, 6.07) is 2.59. The van der Waals surface area contributed by atoms with Crippen LogP contribution in [0.5, 0.6) is 5.75 Å². The number of nitrogens with zero attached hydrogens (tertiary/aromatic N) is 3. The first-order valence-electron chi connectivity index (χ1n) is 7.08. The molecule has 0 fully saturated rings. The zero-order valence-electron chi connectivity index (χ0n) is 13.2. The summed E-state index contributed by atoms with van der Waals surface area (Å²) in [6.45, 7) is 1.28. The lowest BCUT2D eigenvalue weighted by Gasteiger charge is -2.11. The summed E-state index contributed by atoms with van der Waals surface area (Å²) < 4.78 is 82.8. The fourth-order valence-corrected chi connectivity index (χ4v) is 2.40. The zero-order valence-corrected chi connectivity index (χ0v) is 13.2. The minimum absolute atomic E-state index is 0.0595. The molecule has 0 saturated carbocycles. The quantitative estimate of drug-likeness (QED) is 0.675. The van der Waals surface area contributed by atoms with Gasteiger partial charge in [0.15, 0.2) is 11.3 Å². The smallest absolute Gasteiger partial charge is 0.435 e. The lowest BCUT2D eigenvalue weighted by atomic mass is 10.1. The minimum Gasteiger partial charge on any atom is -0.496 e. The third-order valence-electron chi connectivity index (χ3n) is 3.52. The maximum Gasteiger partial charge on any atom is 0.435 e. The number of fused-ring (bicyclic) bond motifs is 1. The largest absolute Gasteiger partial charge is 0.496 e. The molecule has 0 aliphatic heterocycles. The molecule has 0 radical (unpaired) electrons. The number of nitrogens with one attached hydrogen (secondary N) is 1. The van der Waals surface area contributed by atoms with Crippen LogP contribution in [0.3, 0.4) is 0 Å². The monoisotopic (exact) mass is 376 g/mol. The Bertz CT molecular complexity index is 977. The number of halogens is 6. The van der Waals surface area contributed by atoms with Crippen molar-refractivity contribution in [1.29, 1.82) is 0 Å². The number of imidazole rings is 1. The molecule has 2 heterocycles. The maximum atomic E-state index is 13.2. The average Bonchev–Trinajstić information content (AvgIpc) is 2.94. The second kappa shape index (κ2) is 5.85. The van der Waals surface area contributed by atoms with E-state index in [0.717, 1.165) is 25.3 Å². The molecule has 0 unspecified atom stereocenters. The summed E-state index contributed by atoms with van der Waals surface area (Å²) >= 11 is 0. The van der Waals surface area contributed by atoms with E-state index in [1.807, 2.05) is 0 Å². The number of alkyl halides is 6. The first-order valence-corrected chi connectivity index (χ1v) is 7.08. The van der Waals surface area contributed by atoms with Gasteiger partial charge in [-0.05, 0) is 25.1 Å². The van der Waals surface area contributed by atoms with Crippen LogP contribution in [0.1, 0.15) is 17.1 Å². The summed E-state index contributed by atoms with van der Waals surface area (Å²) in [5.41, 5.74) is -2.81. The Hall–Kier alpha value is -2.85. The molecule has 138 valence electrons. The highest BCUT2D eigenvalue weighted by atomic mass is 19.4. The molecule has 26 heavy (non-hydrogen) atoms. The molecule has 0 saturated heterocycles. The summed E-state index contributed by atoms with van der Waals surface area (Å²) in [5, 5.41) is 0. The van der Waals surface area contributed by atoms with E-state index < -0.39 is 29.1 Å². The maximum absolute atomic E-state index is 13.2. The number of rotatable bonds is 2.